The summed E-state index contributed by atoms with van der Waals surface area (Å²) < 4.78 is 3.70. The van der Waals surface area contributed by atoms with Gasteiger partial charge in [-0.3, -0.25) is 14.3 Å². The summed E-state index contributed by atoms with van der Waals surface area (Å²) in [6.07, 6.45) is 4.38. The number of anilines is 2. The van der Waals surface area contributed by atoms with E-state index in [0.29, 0.717) is 40.5 Å². The molecule has 1 N–H and O–H groups in total. The minimum Gasteiger partial charge on any atom is -0.465 e. The van der Waals surface area contributed by atoms with E-state index >= 15 is 0 Å². The molecular formula is C28H32N10O3. The van der Waals surface area contributed by atoms with Crippen molar-refractivity contribution in [3.05, 3.63) is 59.7 Å². The molecule has 6 heterocycles. The maximum atomic E-state index is 13.9. The minimum absolute atomic E-state index is 0.0783. The highest BCUT2D eigenvalue weighted by Crippen LogP contribution is 2.34. The lowest BCUT2D eigenvalue weighted by Crippen LogP contribution is -2.29. The van der Waals surface area contributed by atoms with Crippen LogP contribution in [0.25, 0.3) is 17.3 Å². The van der Waals surface area contributed by atoms with E-state index in [0.717, 1.165) is 30.8 Å². The van der Waals surface area contributed by atoms with Gasteiger partial charge in [-0.2, -0.15) is 5.10 Å². The summed E-state index contributed by atoms with van der Waals surface area (Å²) >= 11 is 0. The number of pyridine rings is 2. The Labute approximate surface area is 237 Å². The van der Waals surface area contributed by atoms with Gasteiger partial charge in [-0.1, -0.05) is 6.07 Å². The highest BCUT2D eigenvalue weighted by molar-refractivity contribution is 6.10. The van der Waals surface area contributed by atoms with Crippen molar-refractivity contribution >= 4 is 23.6 Å². The third kappa shape index (κ3) is 4.66. The molecule has 0 radical (unpaired) electrons. The SMILES string of the molecule is CC1CCCN1c1cc2c(c(CN(C)C(=O)O)n1)CN(c1cccc(-c3nncn3-c3ccnn3C(C)C)n1)C2=O. The molecule has 13 heteroatoms. The first-order valence-electron chi connectivity index (χ1n) is 13.7. The van der Waals surface area contributed by atoms with Gasteiger partial charge in [-0.15, -0.1) is 10.2 Å². The van der Waals surface area contributed by atoms with Gasteiger partial charge in [0.05, 0.1) is 30.5 Å². The van der Waals surface area contributed by atoms with E-state index in [1.54, 1.807) is 23.5 Å². The monoisotopic (exact) mass is 556 g/mol. The van der Waals surface area contributed by atoms with Crippen molar-refractivity contribution in [2.75, 3.05) is 23.4 Å². The maximum Gasteiger partial charge on any atom is 0.407 e. The largest absolute Gasteiger partial charge is 0.465 e. The second kappa shape index (κ2) is 10.3. The van der Waals surface area contributed by atoms with Gasteiger partial charge in [0.2, 0.25) is 0 Å². The topological polar surface area (TPSA) is 138 Å². The van der Waals surface area contributed by atoms with E-state index < -0.39 is 6.09 Å². The lowest BCUT2D eigenvalue weighted by Gasteiger charge is -2.24. The van der Waals surface area contributed by atoms with Gasteiger partial charge in [0.1, 0.15) is 29.5 Å². The number of rotatable bonds is 7. The van der Waals surface area contributed by atoms with Crippen molar-refractivity contribution < 1.29 is 14.7 Å². The van der Waals surface area contributed by atoms with E-state index in [1.165, 1.54) is 11.9 Å². The average molecular weight is 557 g/mol. The Morgan fingerprint density at radius 3 is 2.76 bits per heavy atom. The fourth-order valence-corrected chi connectivity index (χ4v) is 5.55. The van der Waals surface area contributed by atoms with Crippen molar-refractivity contribution in [2.24, 2.45) is 0 Å². The van der Waals surface area contributed by atoms with Crippen molar-refractivity contribution in [3.63, 3.8) is 0 Å². The Bertz CT molecular complexity index is 1630. The zero-order chi connectivity index (χ0) is 28.8. The van der Waals surface area contributed by atoms with Crippen LogP contribution in [0.1, 0.15) is 61.3 Å². The molecule has 2 aliphatic heterocycles. The summed E-state index contributed by atoms with van der Waals surface area (Å²) in [5, 5.41) is 22.4. The van der Waals surface area contributed by atoms with Crippen LogP contribution in [0.2, 0.25) is 0 Å². The number of hydrogen-bond acceptors (Lipinski definition) is 8. The lowest BCUT2D eigenvalue weighted by atomic mass is 10.1. The molecule has 6 rings (SSSR count). The Hall–Kier alpha value is -4.81. The van der Waals surface area contributed by atoms with Crippen LogP contribution < -0.4 is 9.80 Å². The molecule has 0 aliphatic carbocycles. The molecule has 212 valence electrons. The molecule has 2 aliphatic rings. The molecule has 4 aromatic rings. The predicted octanol–water partition coefficient (Wildman–Crippen LogP) is 3.76. The molecule has 0 spiro atoms. The van der Waals surface area contributed by atoms with Crippen LogP contribution in [0.5, 0.6) is 0 Å². The molecule has 0 bridgehead atoms. The first kappa shape index (κ1) is 26.4. The summed E-state index contributed by atoms with van der Waals surface area (Å²) in [6, 6.07) is 9.60. The molecule has 1 fully saturated rings. The Morgan fingerprint density at radius 2 is 2.02 bits per heavy atom. The van der Waals surface area contributed by atoms with E-state index in [4.69, 9.17) is 9.97 Å². The van der Waals surface area contributed by atoms with E-state index in [-0.39, 0.29) is 25.0 Å². The van der Waals surface area contributed by atoms with Crippen LogP contribution in [-0.2, 0) is 13.1 Å². The van der Waals surface area contributed by atoms with Gasteiger partial charge >= 0.3 is 6.09 Å². The van der Waals surface area contributed by atoms with Gasteiger partial charge < -0.3 is 14.9 Å². The number of aromatic nitrogens is 7. The second-order valence-corrected chi connectivity index (χ2v) is 10.8. The van der Waals surface area contributed by atoms with Crippen LogP contribution in [-0.4, -0.2) is 76.2 Å². The number of carbonyl (C=O) groups excluding carboxylic acids is 1. The first-order valence-corrected chi connectivity index (χ1v) is 13.7. The van der Waals surface area contributed by atoms with Crippen molar-refractivity contribution in [3.8, 4) is 17.3 Å². The van der Waals surface area contributed by atoms with Crippen LogP contribution in [0.4, 0.5) is 16.4 Å². The molecule has 41 heavy (non-hydrogen) atoms. The zero-order valence-corrected chi connectivity index (χ0v) is 23.5. The third-order valence-corrected chi connectivity index (χ3v) is 7.72. The number of hydrogen-bond donors (Lipinski definition) is 1. The van der Waals surface area contributed by atoms with Gasteiger partial charge in [0.15, 0.2) is 5.82 Å². The molecule has 1 atom stereocenters. The summed E-state index contributed by atoms with van der Waals surface area (Å²) in [4.78, 5) is 40.2. The van der Waals surface area contributed by atoms with Crippen LogP contribution >= 0.6 is 0 Å². The minimum atomic E-state index is -1.06. The van der Waals surface area contributed by atoms with Gasteiger partial charge in [0.25, 0.3) is 5.91 Å². The zero-order valence-electron chi connectivity index (χ0n) is 23.5. The second-order valence-electron chi connectivity index (χ2n) is 10.8. The maximum absolute atomic E-state index is 13.9. The molecule has 1 saturated heterocycles. The average Bonchev–Trinajstić information content (AvgIpc) is 3.75. The Balaban J connectivity index is 1.37. The summed E-state index contributed by atoms with van der Waals surface area (Å²) in [5.74, 6) is 2.30. The molecular weight excluding hydrogens is 524 g/mol. The lowest BCUT2D eigenvalue weighted by molar-refractivity contribution is 0.0996. The van der Waals surface area contributed by atoms with E-state index in [2.05, 4.69) is 27.1 Å². The van der Waals surface area contributed by atoms with Crippen molar-refractivity contribution in [2.45, 2.75) is 58.8 Å². The molecule has 1 unspecified atom stereocenters. The number of fused-ring (bicyclic) bond motifs is 1. The molecule has 2 amide bonds. The summed E-state index contributed by atoms with van der Waals surface area (Å²) in [6.45, 7) is 7.39. The summed E-state index contributed by atoms with van der Waals surface area (Å²) in [7, 11) is 1.50. The van der Waals surface area contributed by atoms with Crippen LogP contribution in [0.15, 0.2) is 42.9 Å². The van der Waals surface area contributed by atoms with Crippen molar-refractivity contribution in [1.29, 1.82) is 0 Å². The van der Waals surface area contributed by atoms with E-state index in [9.17, 15) is 14.7 Å². The highest BCUT2D eigenvalue weighted by atomic mass is 16.4. The number of carbonyl (C=O) groups is 2. The predicted molar refractivity (Wildman–Crippen MR) is 151 cm³/mol. The number of carboxylic acid groups (broad SMARTS) is 1. The Kier molecular flexibility index (Phi) is 6.64. The quantitative estimate of drug-likeness (QED) is 0.360. The molecule has 0 aromatic carbocycles. The Morgan fingerprint density at radius 1 is 1.20 bits per heavy atom. The number of amides is 2. The third-order valence-electron chi connectivity index (χ3n) is 7.72. The van der Waals surface area contributed by atoms with E-state index in [1.807, 2.05) is 47.4 Å². The highest BCUT2D eigenvalue weighted by Gasteiger charge is 2.35. The number of nitrogens with zero attached hydrogens (tertiary/aromatic N) is 10. The van der Waals surface area contributed by atoms with Gasteiger partial charge in [-0.25, -0.2) is 19.4 Å². The molecule has 13 nitrogen and oxygen atoms in total. The fourth-order valence-electron chi connectivity index (χ4n) is 5.55. The van der Waals surface area contributed by atoms with Crippen molar-refractivity contribution in [1.82, 2.24) is 39.4 Å². The van der Waals surface area contributed by atoms with Gasteiger partial charge in [-0.05, 0) is 51.8 Å². The first-order chi connectivity index (χ1) is 19.7. The molecule has 0 saturated carbocycles. The van der Waals surface area contributed by atoms with Crippen LogP contribution in [0, 0.1) is 0 Å². The van der Waals surface area contributed by atoms with Crippen LogP contribution in [0.3, 0.4) is 0 Å². The fraction of sp³-hybridized carbons (Fsp3) is 0.393. The standard InChI is InChI=1S/C28H32N10O3/c1-17(2)38-25(10-11-30-38)37-16-29-33-26(37)21-8-5-9-23(31-21)36-14-20-19(27(36)39)13-24(35-12-6-7-18(35)3)32-22(20)15-34(4)28(40)41/h5,8-11,13,16-18H,6-7,12,14-15H2,1-4H3,(H,40,41). The smallest absolute Gasteiger partial charge is 0.407 e. The molecule has 4 aromatic heterocycles. The normalized spacial score (nSPS) is 16.6. The summed E-state index contributed by atoms with van der Waals surface area (Å²) in [5.41, 5.74) is 2.37. The van der Waals surface area contributed by atoms with Gasteiger partial charge in [0, 0.05) is 37.3 Å².